The van der Waals surface area contributed by atoms with Gasteiger partial charge in [-0.25, -0.2) is 14.4 Å². The SMILES string of the molecule is O=C(Cc1cccnc1)NC[C@@H]1C[C@H](F)CN1Cc1cncnc1. The molecule has 3 heterocycles. The predicted octanol–water partition coefficient (Wildman–Crippen LogP) is 1.14. The third kappa shape index (κ3) is 4.55. The minimum absolute atomic E-state index is 0.0157. The molecule has 2 atom stereocenters. The number of carbonyl (C=O) groups is 1. The summed E-state index contributed by atoms with van der Waals surface area (Å²) in [6, 6.07) is 3.65. The number of amides is 1. The summed E-state index contributed by atoms with van der Waals surface area (Å²) >= 11 is 0. The zero-order valence-corrected chi connectivity index (χ0v) is 13.3. The van der Waals surface area contributed by atoms with E-state index < -0.39 is 6.17 Å². The van der Waals surface area contributed by atoms with E-state index in [9.17, 15) is 9.18 Å². The van der Waals surface area contributed by atoms with Crippen molar-refractivity contribution >= 4 is 5.91 Å². The van der Waals surface area contributed by atoms with Gasteiger partial charge in [-0.2, -0.15) is 0 Å². The summed E-state index contributed by atoms with van der Waals surface area (Å²) in [6.45, 7) is 1.40. The fourth-order valence-electron chi connectivity index (χ4n) is 2.96. The Hall–Kier alpha value is -2.41. The smallest absolute Gasteiger partial charge is 0.224 e. The highest BCUT2D eigenvalue weighted by Crippen LogP contribution is 2.22. The van der Waals surface area contributed by atoms with E-state index in [1.54, 1.807) is 30.9 Å². The van der Waals surface area contributed by atoms with Crippen LogP contribution in [0.1, 0.15) is 17.5 Å². The largest absolute Gasteiger partial charge is 0.354 e. The average Bonchev–Trinajstić information content (AvgIpc) is 2.94. The topological polar surface area (TPSA) is 71.0 Å². The van der Waals surface area contributed by atoms with Gasteiger partial charge in [0.1, 0.15) is 12.5 Å². The third-order valence-electron chi connectivity index (χ3n) is 4.10. The van der Waals surface area contributed by atoms with E-state index in [4.69, 9.17) is 0 Å². The lowest BCUT2D eigenvalue weighted by molar-refractivity contribution is -0.120. The summed E-state index contributed by atoms with van der Waals surface area (Å²) < 4.78 is 13.8. The molecule has 1 fully saturated rings. The van der Waals surface area contributed by atoms with Crippen LogP contribution in [-0.2, 0) is 17.8 Å². The van der Waals surface area contributed by atoms with Gasteiger partial charge in [-0.05, 0) is 18.1 Å². The number of nitrogens with zero attached hydrogens (tertiary/aromatic N) is 4. The van der Waals surface area contributed by atoms with Crippen LogP contribution in [0, 0.1) is 0 Å². The van der Waals surface area contributed by atoms with E-state index in [1.807, 2.05) is 11.0 Å². The number of rotatable bonds is 6. The Morgan fingerprint density at radius 2 is 2.04 bits per heavy atom. The molecular weight excluding hydrogens is 309 g/mol. The second kappa shape index (κ2) is 7.92. The Labute approximate surface area is 140 Å². The van der Waals surface area contributed by atoms with Gasteiger partial charge in [0.25, 0.3) is 0 Å². The van der Waals surface area contributed by atoms with Crippen LogP contribution in [0.2, 0.25) is 0 Å². The van der Waals surface area contributed by atoms with E-state index >= 15 is 0 Å². The molecule has 24 heavy (non-hydrogen) atoms. The molecule has 0 aromatic carbocycles. The third-order valence-corrected chi connectivity index (χ3v) is 4.10. The monoisotopic (exact) mass is 329 g/mol. The van der Waals surface area contributed by atoms with Gasteiger partial charge in [-0.15, -0.1) is 0 Å². The first-order chi connectivity index (χ1) is 11.7. The maximum atomic E-state index is 13.8. The number of nitrogens with one attached hydrogen (secondary N) is 1. The maximum Gasteiger partial charge on any atom is 0.224 e. The van der Waals surface area contributed by atoms with Crippen molar-refractivity contribution in [1.29, 1.82) is 0 Å². The summed E-state index contributed by atoms with van der Waals surface area (Å²) in [5.74, 6) is -0.0756. The van der Waals surface area contributed by atoms with Gasteiger partial charge < -0.3 is 5.32 Å². The van der Waals surface area contributed by atoms with Gasteiger partial charge in [-0.1, -0.05) is 6.07 Å². The summed E-state index contributed by atoms with van der Waals surface area (Å²) in [5, 5.41) is 2.90. The molecule has 0 spiro atoms. The number of likely N-dealkylation sites (tertiary alicyclic amines) is 1. The Balaban J connectivity index is 1.52. The number of halogens is 1. The van der Waals surface area contributed by atoms with Crippen molar-refractivity contribution < 1.29 is 9.18 Å². The minimum atomic E-state index is -0.866. The molecule has 2 aromatic rings. The van der Waals surface area contributed by atoms with Crippen molar-refractivity contribution in [1.82, 2.24) is 25.2 Å². The molecule has 0 unspecified atom stereocenters. The van der Waals surface area contributed by atoms with Crippen LogP contribution in [0.4, 0.5) is 4.39 Å². The zero-order chi connectivity index (χ0) is 16.8. The molecule has 1 saturated heterocycles. The van der Waals surface area contributed by atoms with E-state index in [-0.39, 0.29) is 18.4 Å². The van der Waals surface area contributed by atoms with E-state index in [0.717, 1.165) is 11.1 Å². The molecule has 0 aliphatic carbocycles. The molecule has 7 heteroatoms. The highest BCUT2D eigenvalue weighted by molar-refractivity contribution is 5.78. The number of pyridine rings is 1. The molecule has 1 aliphatic rings. The lowest BCUT2D eigenvalue weighted by Gasteiger charge is -2.24. The molecule has 0 saturated carbocycles. The number of aromatic nitrogens is 3. The Kier molecular flexibility index (Phi) is 5.43. The molecule has 0 bridgehead atoms. The zero-order valence-electron chi connectivity index (χ0n) is 13.3. The van der Waals surface area contributed by atoms with Gasteiger partial charge in [-0.3, -0.25) is 14.7 Å². The van der Waals surface area contributed by atoms with Crippen LogP contribution in [0.15, 0.2) is 43.2 Å². The van der Waals surface area contributed by atoms with Crippen molar-refractivity contribution in [2.75, 3.05) is 13.1 Å². The summed E-state index contributed by atoms with van der Waals surface area (Å²) in [5.41, 5.74) is 1.81. The van der Waals surface area contributed by atoms with Crippen molar-refractivity contribution in [3.63, 3.8) is 0 Å². The van der Waals surface area contributed by atoms with Gasteiger partial charge in [0, 0.05) is 56.0 Å². The Morgan fingerprint density at radius 3 is 2.79 bits per heavy atom. The Bertz CT molecular complexity index is 655. The van der Waals surface area contributed by atoms with E-state index in [1.165, 1.54) is 6.33 Å². The van der Waals surface area contributed by atoms with E-state index in [2.05, 4.69) is 20.3 Å². The molecule has 126 valence electrons. The van der Waals surface area contributed by atoms with Crippen molar-refractivity contribution in [3.05, 3.63) is 54.4 Å². The van der Waals surface area contributed by atoms with Crippen LogP contribution in [0.25, 0.3) is 0 Å². The van der Waals surface area contributed by atoms with Crippen LogP contribution in [0.3, 0.4) is 0 Å². The molecule has 1 amide bonds. The van der Waals surface area contributed by atoms with E-state index in [0.29, 0.717) is 26.1 Å². The lowest BCUT2D eigenvalue weighted by atomic mass is 10.1. The standard InChI is InChI=1S/C17H20FN5O/c18-15-5-16(23(11-15)10-14-7-20-12-21-8-14)9-22-17(24)4-13-2-1-3-19-6-13/h1-3,6-8,12,15-16H,4-5,9-11H2,(H,22,24)/t15-,16-/m0/s1. The maximum absolute atomic E-state index is 13.8. The number of alkyl halides is 1. The number of carbonyl (C=O) groups excluding carboxylic acids is 1. The first kappa shape index (κ1) is 16.4. The van der Waals surface area contributed by atoms with Crippen LogP contribution >= 0.6 is 0 Å². The first-order valence-electron chi connectivity index (χ1n) is 7.98. The fraction of sp³-hybridized carbons (Fsp3) is 0.412. The molecule has 3 rings (SSSR count). The van der Waals surface area contributed by atoms with Crippen molar-refractivity contribution in [2.24, 2.45) is 0 Å². The normalized spacial score (nSPS) is 20.9. The van der Waals surface area contributed by atoms with Gasteiger partial charge in [0.05, 0.1) is 6.42 Å². The number of hydrogen-bond acceptors (Lipinski definition) is 5. The molecule has 2 aromatic heterocycles. The Morgan fingerprint density at radius 1 is 1.25 bits per heavy atom. The van der Waals surface area contributed by atoms with Crippen LogP contribution in [0.5, 0.6) is 0 Å². The second-order valence-electron chi connectivity index (χ2n) is 6.01. The summed E-state index contributed by atoms with van der Waals surface area (Å²) in [6.07, 6.45) is 8.14. The van der Waals surface area contributed by atoms with Gasteiger partial charge in [0.2, 0.25) is 5.91 Å². The van der Waals surface area contributed by atoms with Crippen LogP contribution in [-0.4, -0.2) is 51.1 Å². The lowest BCUT2D eigenvalue weighted by Crippen LogP contribution is -2.40. The molecule has 6 nitrogen and oxygen atoms in total. The van der Waals surface area contributed by atoms with Crippen LogP contribution < -0.4 is 5.32 Å². The minimum Gasteiger partial charge on any atom is -0.354 e. The summed E-state index contributed by atoms with van der Waals surface area (Å²) in [4.78, 5) is 26.0. The predicted molar refractivity (Wildman–Crippen MR) is 86.7 cm³/mol. The fourth-order valence-corrected chi connectivity index (χ4v) is 2.96. The molecular formula is C17H20FN5O. The van der Waals surface area contributed by atoms with Gasteiger partial charge in [0.15, 0.2) is 0 Å². The van der Waals surface area contributed by atoms with Crippen molar-refractivity contribution in [3.8, 4) is 0 Å². The molecule has 1 N–H and O–H groups in total. The molecule has 1 aliphatic heterocycles. The van der Waals surface area contributed by atoms with Crippen molar-refractivity contribution in [2.45, 2.75) is 31.6 Å². The number of hydrogen-bond donors (Lipinski definition) is 1. The molecule has 0 radical (unpaired) electrons. The highest BCUT2D eigenvalue weighted by Gasteiger charge is 2.32. The quantitative estimate of drug-likeness (QED) is 0.861. The van der Waals surface area contributed by atoms with Gasteiger partial charge >= 0.3 is 0 Å². The highest BCUT2D eigenvalue weighted by atomic mass is 19.1. The summed E-state index contributed by atoms with van der Waals surface area (Å²) in [7, 11) is 0. The first-order valence-corrected chi connectivity index (χ1v) is 7.98. The average molecular weight is 329 g/mol. The second-order valence-corrected chi connectivity index (χ2v) is 6.01.